The summed E-state index contributed by atoms with van der Waals surface area (Å²) in [6, 6.07) is 7.56. The Balaban J connectivity index is 2.27. The summed E-state index contributed by atoms with van der Waals surface area (Å²) in [7, 11) is 2.94. The lowest BCUT2D eigenvalue weighted by Crippen LogP contribution is -2.13. The molecule has 0 unspecified atom stereocenters. The molecule has 0 saturated heterocycles. The van der Waals surface area contributed by atoms with Crippen LogP contribution in [0, 0.1) is 5.95 Å². The highest BCUT2D eigenvalue weighted by Crippen LogP contribution is 2.31. The van der Waals surface area contributed by atoms with Gasteiger partial charge in [0.15, 0.2) is 11.5 Å². The van der Waals surface area contributed by atoms with Gasteiger partial charge in [-0.05, 0) is 24.3 Å². The first kappa shape index (κ1) is 13.8. The molecule has 6 heteroatoms. The topological polar surface area (TPSA) is 60.5 Å². The minimum absolute atomic E-state index is 0.316. The fourth-order valence-corrected chi connectivity index (χ4v) is 1.71. The molecule has 2 rings (SSSR count). The first-order valence-corrected chi connectivity index (χ1v) is 5.79. The number of nitrogens with one attached hydrogen (secondary N) is 1. The Bertz CT molecular complexity index is 614. The van der Waals surface area contributed by atoms with Gasteiger partial charge in [0, 0.05) is 0 Å². The molecule has 1 aromatic heterocycles. The maximum Gasteiger partial charge on any atom is 0.259 e. The van der Waals surface area contributed by atoms with E-state index in [2.05, 4.69) is 10.3 Å². The standard InChI is InChI=1S/C14H13FN2O3/c1-19-11-5-3-4-10(13(11)20-2)14(18)17-9-6-7-12(15)16-8-9/h3-8H,1-2H3,(H,17,18). The van der Waals surface area contributed by atoms with Gasteiger partial charge in [0.05, 0.1) is 31.7 Å². The number of rotatable bonds is 4. The minimum Gasteiger partial charge on any atom is -0.493 e. The number of para-hydroxylation sites is 1. The number of anilines is 1. The van der Waals surface area contributed by atoms with Gasteiger partial charge >= 0.3 is 0 Å². The van der Waals surface area contributed by atoms with Crippen LogP contribution in [0.4, 0.5) is 10.1 Å². The Labute approximate surface area is 115 Å². The Kier molecular flexibility index (Phi) is 4.14. The molecule has 1 amide bonds. The molecule has 0 atom stereocenters. The molecule has 2 aromatic rings. The number of hydrogen-bond donors (Lipinski definition) is 1. The summed E-state index contributed by atoms with van der Waals surface area (Å²) in [6.07, 6.45) is 1.24. The van der Waals surface area contributed by atoms with Crippen LogP contribution in [0.3, 0.4) is 0 Å². The molecule has 1 aromatic carbocycles. The molecule has 0 saturated carbocycles. The smallest absolute Gasteiger partial charge is 0.259 e. The summed E-state index contributed by atoms with van der Waals surface area (Å²) in [5.74, 6) is -0.212. The fourth-order valence-electron chi connectivity index (χ4n) is 1.71. The van der Waals surface area contributed by atoms with Gasteiger partial charge in [0.1, 0.15) is 0 Å². The number of carbonyl (C=O) groups excluding carboxylic acids is 1. The van der Waals surface area contributed by atoms with Crippen LogP contribution in [0.15, 0.2) is 36.5 Å². The average molecular weight is 276 g/mol. The highest BCUT2D eigenvalue weighted by molar-refractivity contribution is 6.06. The zero-order valence-corrected chi connectivity index (χ0v) is 11.0. The largest absolute Gasteiger partial charge is 0.493 e. The second-order valence-corrected chi connectivity index (χ2v) is 3.86. The highest BCUT2D eigenvalue weighted by atomic mass is 19.1. The summed E-state index contributed by atoms with van der Waals surface area (Å²) in [5.41, 5.74) is 0.706. The number of pyridine rings is 1. The van der Waals surface area contributed by atoms with Crippen molar-refractivity contribution in [1.82, 2.24) is 4.98 Å². The van der Waals surface area contributed by atoms with Gasteiger partial charge in [-0.1, -0.05) is 6.07 Å². The van der Waals surface area contributed by atoms with Gasteiger partial charge in [-0.25, -0.2) is 4.98 Å². The van der Waals surface area contributed by atoms with Crippen LogP contribution >= 0.6 is 0 Å². The first-order chi connectivity index (χ1) is 9.65. The third-order valence-electron chi connectivity index (χ3n) is 2.63. The van der Waals surface area contributed by atoms with E-state index in [1.807, 2.05) is 0 Å². The number of nitrogens with zero attached hydrogens (tertiary/aromatic N) is 1. The number of amides is 1. The summed E-state index contributed by atoms with van der Waals surface area (Å²) in [4.78, 5) is 15.6. The number of methoxy groups -OCH3 is 2. The Morgan fingerprint density at radius 1 is 1.20 bits per heavy atom. The summed E-state index contributed by atoms with van der Waals surface area (Å²) in [6.45, 7) is 0. The first-order valence-electron chi connectivity index (χ1n) is 5.79. The predicted octanol–water partition coefficient (Wildman–Crippen LogP) is 2.49. The summed E-state index contributed by atoms with van der Waals surface area (Å²) in [5, 5.41) is 2.61. The molecule has 1 N–H and O–H groups in total. The van der Waals surface area contributed by atoms with E-state index >= 15 is 0 Å². The number of aromatic nitrogens is 1. The van der Waals surface area contributed by atoms with Gasteiger partial charge in [0.25, 0.3) is 5.91 Å². The number of carbonyl (C=O) groups is 1. The second kappa shape index (κ2) is 6.01. The van der Waals surface area contributed by atoms with E-state index in [0.29, 0.717) is 22.7 Å². The molecule has 0 bridgehead atoms. The third-order valence-corrected chi connectivity index (χ3v) is 2.63. The zero-order valence-electron chi connectivity index (χ0n) is 11.0. The van der Waals surface area contributed by atoms with Crippen molar-refractivity contribution in [2.45, 2.75) is 0 Å². The van der Waals surface area contributed by atoms with Crippen LogP contribution in [-0.4, -0.2) is 25.1 Å². The summed E-state index contributed by atoms with van der Waals surface area (Å²) >= 11 is 0. The van der Waals surface area contributed by atoms with E-state index in [4.69, 9.17) is 9.47 Å². The number of benzene rings is 1. The van der Waals surface area contributed by atoms with Crippen molar-refractivity contribution in [1.29, 1.82) is 0 Å². The summed E-state index contributed by atoms with van der Waals surface area (Å²) < 4.78 is 23.0. The molecule has 0 aliphatic rings. The van der Waals surface area contributed by atoms with Crippen molar-refractivity contribution < 1.29 is 18.7 Å². The maximum absolute atomic E-state index is 12.7. The number of hydrogen-bond acceptors (Lipinski definition) is 4. The fraction of sp³-hybridized carbons (Fsp3) is 0.143. The molecule has 0 spiro atoms. The van der Waals surface area contributed by atoms with Gasteiger partial charge < -0.3 is 14.8 Å². The van der Waals surface area contributed by atoms with E-state index in [0.717, 1.165) is 0 Å². The molecule has 20 heavy (non-hydrogen) atoms. The molecule has 0 aliphatic heterocycles. The van der Waals surface area contributed by atoms with Crippen LogP contribution in [-0.2, 0) is 0 Å². The minimum atomic E-state index is -0.609. The van der Waals surface area contributed by atoms with Crippen molar-refractivity contribution in [2.75, 3.05) is 19.5 Å². The lowest BCUT2D eigenvalue weighted by molar-refractivity contribution is 0.102. The molecule has 0 aliphatic carbocycles. The van der Waals surface area contributed by atoms with E-state index in [9.17, 15) is 9.18 Å². The lowest BCUT2D eigenvalue weighted by Gasteiger charge is -2.12. The monoisotopic (exact) mass is 276 g/mol. The van der Waals surface area contributed by atoms with Crippen molar-refractivity contribution >= 4 is 11.6 Å². The molecule has 5 nitrogen and oxygen atoms in total. The van der Waals surface area contributed by atoms with Crippen LogP contribution < -0.4 is 14.8 Å². The number of halogens is 1. The zero-order chi connectivity index (χ0) is 14.5. The van der Waals surface area contributed by atoms with Gasteiger partial charge in [-0.15, -0.1) is 0 Å². The van der Waals surface area contributed by atoms with Crippen molar-refractivity contribution in [2.24, 2.45) is 0 Å². The van der Waals surface area contributed by atoms with Gasteiger partial charge in [-0.3, -0.25) is 4.79 Å². The number of ether oxygens (including phenoxy) is 2. The van der Waals surface area contributed by atoms with Crippen molar-refractivity contribution in [3.8, 4) is 11.5 Å². The molecule has 1 heterocycles. The quantitative estimate of drug-likeness (QED) is 0.871. The third kappa shape index (κ3) is 2.85. The normalized spacial score (nSPS) is 9.95. The molecular formula is C14H13FN2O3. The molecule has 104 valence electrons. The van der Waals surface area contributed by atoms with E-state index in [-0.39, 0.29) is 0 Å². The lowest BCUT2D eigenvalue weighted by atomic mass is 10.1. The second-order valence-electron chi connectivity index (χ2n) is 3.86. The van der Waals surface area contributed by atoms with Crippen LogP contribution in [0.5, 0.6) is 11.5 Å². The van der Waals surface area contributed by atoms with E-state index in [1.54, 1.807) is 18.2 Å². The van der Waals surface area contributed by atoms with Gasteiger partial charge in [-0.2, -0.15) is 4.39 Å². The van der Waals surface area contributed by atoms with Crippen LogP contribution in [0.25, 0.3) is 0 Å². The van der Waals surface area contributed by atoms with Crippen molar-refractivity contribution in [3.05, 3.63) is 48.0 Å². The van der Waals surface area contributed by atoms with Gasteiger partial charge in [0.2, 0.25) is 5.95 Å². The Hall–Kier alpha value is -2.63. The Morgan fingerprint density at radius 3 is 2.60 bits per heavy atom. The van der Waals surface area contributed by atoms with Crippen LogP contribution in [0.2, 0.25) is 0 Å². The maximum atomic E-state index is 12.7. The molecule has 0 radical (unpaired) electrons. The van der Waals surface area contributed by atoms with E-state index in [1.165, 1.54) is 32.5 Å². The molecular weight excluding hydrogens is 263 g/mol. The van der Waals surface area contributed by atoms with Crippen molar-refractivity contribution in [3.63, 3.8) is 0 Å². The predicted molar refractivity (Wildman–Crippen MR) is 71.7 cm³/mol. The average Bonchev–Trinajstić information content (AvgIpc) is 2.48. The van der Waals surface area contributed by atoms with Crippen LogP contribution in [0.1, 0.15) is 10.4 Å². The highest BCUT2D eigenvalue weighted by Gasteiger charge is 2.16. The Morgan fingerprint density at radius 2 is 2.00 bits per heavy atom. The molecule has 0 fully saturated rings. The SMILES string of the molecule is COc1cccc(C(=O)Nc2ccc(F)nc2)c1OC. The van der Waals surface area contributed by atoms with E-state index < -0.39 is 11.9 Å².